The average Bonchev–Trinajstić information content (AvgIpc) is 2.81. The Morgan fingerprint density at radius 2 is 2.00 bits per heavy atom. The molecule has 0 saturated carbocycles. The topological polar surface area (TPSA) is 62.0 Å². The maximum absolute atomic E-state index is 9.61. The van der Waals surface area contributed by atoms with Crippen molar-refractivity contribution in [3.63, 3.8) is 0 Å². The highest BCUT2D eigenvalue weighted by Gasteiger charge is 2.08. The summed E-state index contributed by atoms with van der Waals surface area (Å²) in [7, 11) is 0. The van der Waals surface area contributed by atoms with Crippen molar-refractivity contribution in [2.45, 2.75) is 0 Å². The molecule has 0 saturated heterocycles. The molecule has 0 bridgehead atoms. The van der Waals surface area contributed by atoms with E-state index in [2.05, 4.69) is 4.98 Å². The van der Waals surface area contributed by atoms with Crippen LogP contribution in [-0.2, 0) is 0 Å². The zero-order chi connectivity index (χ0) is 13.4. The highest BCUT2D eigenvalue weighted by atomic mass is 32.1. The number of thiocarbonyl (C=S) groups is 1. The monoisotopic (exact) mass is 268 g/mol. The second-order valence-electron chi connectivity index (χ2n) is 4.38. The number of aromatic hydroxyl groups is 1. The molecule has 0 aliphatic carbocycles. The number of fused-ring (bicyclic) bond motifs is 1. The van der Waals surface area contributed by atoms with Crippen LogP contribution >= 0.6 is 12.2 Å². The van der Waals surface area contributed by atoms with E-state index in [1.807, 2.05) is 36.5 Å². The van der Waals surface area contributed by atoms with E-state index >= 15 is 0 Å². The molecule has 0 aliphatic heterocycles. The number of H-pyrrole nitrogens is 1. The summed E-state index contributed by atoms with van der Waals surface area (Å²) in [6.45, 7) is 0. The third kappa shape index (κ3) is 2.06. The smallest absolute Gasteiger partial charge is 0.116 e. The van der Waals surface area contributed by atoms with Gasteiger partial charge in [-0.1, -0.05) is 30.4 Å². The molecule has 2 aromatic carbocycles. The van der Waals surface area contributed by atoms with Crippen LogP contribution in [0.25, 0.3) is 22.0 Å². The van der Waals surface area contributed by atoms with Gasteiger partial charge in [0.15, 0.2) is 0 Å². The summed E-state index contributed by atoms with van der Waals surface area (Å²) in [6.07, 6.45) is 1.92. The summed E-state index contributed by atoms with van der Waals surface area (Å²) in [5, 5.41) is 10.6. The molecule has 0 aliphatic rings. The van der Waals surface area contributed by atoms with Crippen molar-refractivity contribution in [3.8, 4) is 16.9 Å². The van der Waals surface area contributed by atoms with E-state index in [9.17, 15) is 5.11 Å². The summed E-state index contributed by atoms with van der Waals surface area (Å²) in [6, 6.07) is 13.0. The number of aromatic nitrogens is 1. The quantitative estimate of drug-likeness (QED) is 0.626. The van der Waals surface area contributed by atoms with Gasteiger partial charge in [0, 0.05) is 28.2 Å². The molecule has 1 aromatic heterocycles. The van der Waals surface area contributed by atoms with Gasteiger partial charge in [-0.05, 0) is 29.8 Å². The molecular formula is C15H12N2OS. The van der Waals surface area contributed by atoms with Crippen molar-refractivity contribution in [3.05, 3.63) is 54.2 Å². The van der Waals surface area contributed by atoms with Crippen molar-refractivity contribution in [2.75, 3.05) is 0 Å². The fourth-order valence-corrected chi connectivity index (χ4v) is 2.31. The van der Waals surface area contributed by atoms with Gasteiger partial charge < -0.3 is 15.8 Å². The summed E-state index contributed by atoms with van der Waals surface area (Å²) < 4.78 is 0. The summed E-state index contributed by atoms with van der Waals surface area (Å²) in [5.74, 6) is 0.249. The van der Waals surface area contributed by atoms with E-state index in [-0.39, 0.29) is 5.75 Å². The van der Waals surface area contributed by atoms with E-state index in [0.29, 0.717) is 4.99 Å². The first kappa shape index (κ1) is 11.7. The van der Waals surface area contributed by atoms with Crippen LogP contribution in [0.15, 0.2) is 48.7 Å². The standard InChI is InChI=1S/C15H12N2OS/c16-15(19)10-3-1-2-9(6-10)13-8-17-14-5-4-11(18)7-12(13)14/h1-8,17-18H,(H2,16,19). The van der Waals surface area contributed by atoms with Gasteiger partial charge in [-0.25, -0.2) is 0 Å². The first-order chi connectivity index (χ1) is 9.15. The number of nitrogens with one attached hydrogen (secondary N) is 1. The molecule has 3 rings (SSSR count). The van der Waals surface area contributed by atoms with Gasteiger partial charge in [0.25, 0.3) is 0 Å². The van der Waals surface area contributed by atoms with Gasteiger partial charge in [0.05, 0.1) is 0 Å². The minimum atomic E-state index is 0.249. The molecule has 0 amide bonds. The van der Waals surface area contributed by atoms with Crippen LogP contribution in [0, 0.1) is 0 Å². The fourth-order valence-electron chi connectivity index (χ4n) is 2.19. The van der Waals surface area contributed by atoms with Gasteiger partial charge in [-0.3, -0.25) is 0 Å². The lowest BCUT2D eigenvalue weighted by Gasteiger charge is -2.03. The molecule has 4 N–H and O–H groups in total. The largest absolute Gasteiger partial charge is 0.508 e. The predicted octanol–water partition coefficient (Wildman–Crippen LogP) is 3.17. The first-order valence-electron chi connectivity index (χ1n) is 5.85. The Labute approximate surface area is 115 Å². The Kier molecular flexibility index (Phi) is 2.72. The summed E-state index contributed by atoms with van der Waals surface area (Å²) in [4.78, 5) is 3.57. The molecular weight excluding hydrogens is 256 g/mol. The van der Waals surface area contributed by atoms with E-state index in [4.69, 9.17) is 18.0 Å². The zero-order valence-electron chi connectivity index (χ0n) is 10.1. The molecule has 0 atom stereocenters. The number of phenolic OH excluding ortho intramolecular Hbond substituents is 1. The number of rotatable bonds is 2. The molecule has 0 fully saturated rings. The Morgan fingerprint density at radius 3 is 2.79 bits per heavy atom. The van der Waals surface area contributed by atoms with Gasteiger partial charge in [0.1, 0.15) is 10.7 Å². The van der Waals surface area contributed by atoms with E-state index in [1.165, 1.54) is 0 Å². The van der Waals surface area contributed by atoms with Gasteiger partial charge in [-0.2, -0.15) is 0 Å². The van der Waals surface area contributed by atoms with Crippen LogP contribution in [0.2, 0.25) is 0 Å². The van der Waals surface area contributed by atoms with Crippen molar-refractivity contribution >= 4 is 28.1 Å². The second-order valence-corrected chi connectivity index (χ2v) is 4.82. The number of hydrogen-bond acceptors (Lipinski definition) is 2. The molecule has 0 radical (unpaired) electrons. The Hall–Kier alpha value is -2.33. The Bertz CT molecular complexity index is 777. The van der Waals surface area contributed by atoms with E-state index in [1.54, 1.807) is 12.1 Å². The SMILES string of the molecule is NC(=S)c1cccc(-c2c[nH]c3ccc(O)cc23)c1. The van der Waals surface area contributed by atoms with Crippen LogP contribution in [-0.4, -0.2) is 15.1 Å². The Balaban J connectivity index is 2.21. The minimum absolute atomic E-state index is 0.249. The molecule has 3 aromatic rings. The molecule has 3 nitrogen and oxygen atoms in total. The fraction of sp³-hybridized carbons (Fsp3) is 0. The van der Waals surface area contributed by atoms with Gasteiger partial charge in [0.2, 0.25) is 0 Å². The van der Waals surface area contributed by atoms with Gasteiger partial charge in [-0.15, -0.1) is 0 Å². The van der Waals surface area contributed by atoms with E-state index in [0.717, 1.165) is 27.6 Å². The number of phenols is 1. The molecule has 0 unspecified atom stereocenters. The minimum Gasteiger partial charge on any atom is -0.508 e. The highest BCUT2D eigenvalue weighted by molar-refractivity contribution is 7.80. The van der Waals surface area contributed by atoms with Gasteiger partial charge >= 0.3 is 0 Å². The van der Waals surface area contributed by atoms with Crippen molar-refractivity contribution in [2.24, 2.45) is 5.73 Å². The van der Waals surface area contributed by atoms with Crippen LogP contribution in [0.5, 0.6) is 5.75 Å². The number of aromatic amines is 1. The van der Waals surface area contributed by atoms with Crippen LogP contribution in [0.3, 0.4) is 0 Å². The highest BCUT2D eigenvalue weighted by Crippen LogP contribution is 2.31. The van der Waals surface area contributed by atoms with E-state index < -0.39 is 0 Å². The van der Waals surface area contributed by atoms with Crippen LogP contribution in [0.1, 0.15) is 5.56 Å². The summed E-state index contributed by atoms with van der Waals surface area (Å²) in [5.41, 5.74) is 9.51. The van der Waals surface area contributed by atoms with Crippen LogP contribution in [0.4, 0.5) is 0 Å². The molecule has 0 spiro atoms. The van der Waals surface area contributed by atoms with Crippen molar-refractivity contribution in [1.29, 1.82) is 0 Å². The number of nitrogens with two attached hydrogens (primary N) is 1. The first-order valence-corrected chi connectivity index (χ1v) is 6.26. The lowest BCUT2D eigenvalue weighted by atomic mass is 10.0. The third-order valence-electron chi connectivity index (χ3n) is 3.12. The second kappa shape index (κ2) is 4.40. The predicted molar refractivity (Wildman–Crippen MR) is 81.3 cm³/mol. The van der Waals surface area contributed by atoms with Crippen LogP contribution < -0.4 is 5.73 Å². The molecule has 1 heterocycles. The van der Waals surface area contributed by atoms with Crippen molar-refractivity contribution < 1.29 is 5.11 Å². The third-order valence-corrected chi connectivity index (χ3v) is 3.36. The number of benzene rings is 2. The lowest BCUT2D eigenvalue weighted by Crippen LogP contribution is -2.08. The maximum atomic E-state index is 9.61. The maximum Gasteiger partial charge on any atom is 0.116 e. The van der Waals surface area contributed by atoms with Crippen molar-refractivity contribution in [1.82, 2.24) is 4.98 Å². The number of hydrogen-bond donors (Lipinski definition) is 3. The molecule has 4 heteroatoms. The summed E-state index contributed by atoms with van der Waals surface area (Å²) >= 11 is 5.00. The normalized spacial score (nSPS) is 10.7. The molecule has 19 heavy (non-hydrogen) atoms. The zero-order valence-corrected chi connectivity index (χ0v) is 10.9. The lowest BCUT2D eigenvalue weighted by molar-refractivity contribution is 0.476. The Morgan fingerprint density at radius 1 is 1.16 bits per heavy atom. The average molecular weight is 268 g/mol. The molecule has 94 valence electrons.